The number of hydrogen-bond donors (Lipinski definition) is 1. The summed E-state index contributed by atoms with van der Waals surface area (Å²) in [5.74, 6) is 0.244. The van der Waals surface area contributed by atoms with E-state index in [-0.39, 0.29) is 11.9 Å². The molecule has 1 aromatic rings. The van der Waals surface area contributed by atoms with Crippen molar-refractivity contribution in [2.24, 2.45) is 5.41 Å². The van der Waals surface area contributed by atoms with Crippen LogP contribution in [0.1, 0.15) is 44.2 Å². The quantitative estimate of drug-likeness (QED) is 0.880. The van der Waals surface area contributed by atoms with Gasteiger partial charge in [-0.2, -0.15) is 0 Å². The molecule has 19 heavy (non-hydrogen) atoms. The first-order valence-corrected chi connectivity index (χ1v) is 7.31. The van der Waals surface area contributed by atoms with Gasteiger partial charge in [-0.05, 0) is 30.2 Å². The molecule has 1 aromatic carbocycles. The molecule has 2 aliphatic rings. The second-order valence-corrected chi connectivity index (χ2v) is 5.99. The molecule has 1 aliphatic carbocycles. The van der Waals surface area contributed by atoms with Crippen LogP contribution in [0.3, 0.4) is 0 Å². The Morgan fingerprint density at radius 3 is 2.68 bits per heavy atom. The molecule has 1 N–H and O–H groups in total. The minimum absolute atomic E-state index is 0.140. The molecule has 0 radical (unpaired) electrons. The van der Waals surface area contributed by atoms with Gasteiger partial charge in [-0.3, -0.25) is 10.1 Å². The van der Waals surface area contributed by atoms with Crippen LogP contribution in [0, 0.1) is 5.41 Å². The zero-order valence-corrected chi connectivity index (χ0v) is 11.6. The van der Waals surface area contributed by atoms with Crippen molar-refractivity contribution < 1.29 is 4.79 Å². The Morgan fingerprint density at radius 1 is 1.32 bits per heavy atom. The van der Waals surface area contributed by atoms with Crippen molar-refractivity contribution in [2.45, 2.75) is 38.6 Å². The molecule has 102 valence electrons. The number of hydrogen-bond acceptors (Lipinski definition) is 2. The number of benzene rings is 1. The fraction of sp³-hybridized carbons (Fsp3) is 0.562. The van der Waals surface area contributed by atoms with Gasteiger partial charge in [-0.25, -0.2) is 0 Å². The van der Waals surface area contributed by atoms with E-state index in [9.17, 15) is 4.79 Å². The first-order valence-electron chi connectivity index (χ1n) is 7.31. The van der Waals surface area contributed by atoms with Gasteiger partial charge in [0.05, 0.1) is 6.67 Å². The summed E-state index contributed by atoms with van der Waals surface area (Å²) < 4.78 is 0. The zero-order valence-electron chi connectivity index (χ0n) is 11.6. The van der Waals surface area contributed by atoms with E-state index in [0.29, 0.717) is 12.1 Å². The number of nitrogens with zero attached hydrogens (tertiary/aromatic N) is 1. The van der Waals surface area contributed by atoms with Gasteiger partial charge in [0.1, 0.15) is 6.04 Å². The molecule has 1 atom stereocenters. The molecule has 1 saturated heterocycles. The molecule has 0 spiro atoms. The molecule has 3 rings (SSSR count). The predicted molar refractivity (Wildman–Crippen MR) is 75.5 cm³/mol. The lowest BCUT2D eigenvalue weighted by atomic mass is 10.00. The van der Waals surface area contributed by atoms with E-state index in [1.54, 1.807) is 0 Å². The minimum Gasteiger partial charge on any atom is -0.328 e. The standard InChI is InChI=1S/C16H22N2O/c1-2-8-16(9-10-16)11-18-12-17-14(15(18)19)13-6-4-3-5-7-13/h3-7,14,17H,2,8-12H2,1H3. The van der Waals surface area contributed by atoms with Gasteiger partial charge in [0.15, 0.2) is 0 Å². The summed E-state index contributed by atoms with van der Waals surface area (Å²) in [4.78, 5) is 14.5. The van der Waals surface area contributed by atoms with Gasteiger partial charge in [-0.15, -0.1) is 0 Å². The number of amides is 1. The number of carbonyl (C=O) groups is 1. The molecule has 3 nitrogen and oxygen atoms in total. The first kappa shape index (κ1) is 12.7. The van der Waals surface area contributed by atoms with Crippen LogP contribution in [-0.4, -0.2) is 24.0 Å². The maximum Gasteiger partial charge on any atom is 0.245 e. The van der Waals surface area contributed by atoms with Crippen molar-refractivity contribution in [2.75, 3.05) is 13.2 Å². The topological polar surface area (TPSA) is 32.3 Å². The van der Waals surface area contributed by atoms with E-state index in [2.05, 4.69) is 12.2 Å². The highest BCUT2D eigenvalue weighted by atomic mass is 16.2. The third-order valence-corrected chi connectivity index (χ3v) is 4.44. The second-order valence-electron chi connectivity index (χ2n) is 5.99. The molecule has 1 aliphatic heterocycles. The average molecular weight is 258 g/mol. The maximum absolute atomic E-state index is 12.5. The van der Waals surface area contributed by atoms with Crippen molar-refractivity contribution in [1.82, 2.24) is 10.2 Å². The Kier molecular flexibility index (Phi) is 3.31. The second kappa shape index (κ2) is 4.97. The van der Waals surface area contributed by atoms with Crippen molar-refractivity contribution in [3.05, 3.63) is 35.9 Å². The molecule has 1 heterocycles. The third-order valence-electron chi connectivity index (χ3n) is 4.44. The van der Waals surface area contributed by atoms with Crippen LogP contribution in [0.4, 0.5) is 0 Å². The summed E-state index contributed by atoms with van der Waals surface area (Å²) in [5, 5.41) is 3.34. The summed E-state index contributed by atoms with van der Waals surface area (Å²) in [5.41, 5.74) is 1.52. The highest BCUT2D eigenvalue weighted by Gasteiger charge is 2.45. The van der Waals surface area contributed by atoms with Crippen molar-refractivity contribution in [3.8, 4) is 0 Å². The highest BCUT2D eigenvalue weighted by Crippen LogP contribution is 2.50. The summed E-state index contributed by atoms with van der Waals surface area (Å²) in [6.07, 6.45) is 5.06. The van der Waals surface area contributed by atoms with Gasteiger partial charge < -0.3 is 4.90 Å². The van der Waals surface area contributed by atoms with Crippen LogP contribution in [0.15, 0.2) is 30.3 Å². The third kappa shape index (κ3) is 2.52. The van der Waals surface area contributed by atoms with Crippen molar-refractivity contribution >= 4 is 5.91 Å². The molecule has 3 heteroatoms. The fourth-order valence-corrected chi connectivity index (χ4v) is 3.19. The van der Waals surface area contributed by atoms with Crippen LogP contribution in [0.25, 0.3) is 0 Å². The molecular weight excluding hydrogens is 236 g/mol. The van der Waals surface area contributed by atoms with E-state index < -0.39 is 0 Å². The van der Waals surface area contributed by atoms with Crippen LogP contribution in [0.2, 0.25) is 0 Å². The van der Waals surface area contributed by atoms with Crippen LogP contribution in [-0.2, 0) is 4.79 Å². The fourth-order valence-electron chi connectivity index (χ4n) is 3.19. The van der Waals surface area contributed by atoms with Gasteiger partial charge >= 0.3 is 0 Å². The van der Waals surface area contributed by atoms with Crippen molar-refractivity contribution in [3.63, 3.8) is 0 Å². The Balaban J connectivity index is 1.66. The molecule has 1 unspecified atom stereocenters. The summed E-state index contributed by atoms with van der Waals surface area (Å²) in [7, 11) is 0. The molecule has 0 aromatic heterocycles. The summed E-state index contributed by atoms with van der Waals surface area (Å²) in [6, 6.07) is 9.88. The number of nitrogens with one attached hydrogen (secondary N) is 1. The van der Waals surface area contributed by atoms with Crippen LogP contribution in [0.5, 0.6) is 0 Å². The van der Waals surface area contributed by atoms with Crippen LogP contribution >= 0.6 is 0 Å². The first-order chi connectivity index (χ1) is 9.24. The zero-order chi connectivity index (χ0) is 13.3. The highest BCUT2D eigenvalue weighted by molar-refractivity contribution is 5.85. The lowest BCUT2D eigenvalue weighted by Crippen LogP contribution is -2.33. The van der Waals surface area contributed by atoms with E-state index in [1.165, 1.54) is 25.7 Å². The number of carbonyl (C=O) groups excluding carboxylic acids is 1. The molecule has 1 amide bonds. The Morgan fingerprint density at radius 2 is 2.05 bits per heavy atom. The van der Waals surface area contributed by atoms with Crippen molar-refractivity contribution in [1.29, 1.82) is 0 Å². The SMILES string of the molecule is CCCC1(CN2CNC(c3ccccc3)C2=O)CC1. The van der Waals surface area contributed by atoms with Gasteiger partial charge in [0.2, 0.25) is 5.91 Å². The predicted octanol–water partition coefficient (Wildman–Crippen LogP) is 2.70. The largest absolute Gasteiger partial charge is 0.328 e. The molecular formula is C16H22N2O. The number of rotatable bonds is 5. The smallest absolute Gasteiger partial charge is 0.245 e. The average Bonchev–Trinajstić information content (AvgIpc) is 3.09. The van der Waals surface area contributed by atoms with E-state index in [1.807, 2.05) is 35.2 Å². The Hall–Kier alpha value is -1.35. The normalized spacial score (nSPS) is 24.8. The molecule has 2 fully saturated rings. The van der Waals surface area contributed by atoms with Gasteiger partial charge in [0.25, 0.3) is 0 Å². The molecule has 1 saturated carbocycles. The Bertz CT molecular complexity index is 453. The minimum atomic E-state index is -0.140. The summed E-state index contributed by atoms with van der Waals surface area (Å²) in [6.45, 7) is 3.87. The van der Waals surface area contributed by atoms with E-state index in [0.717, 1.165) is 12.1 Å². The summed E-state index contributed by atoms with van der Waals surface area (Å²) >= 11 is 0. The lowest BCUT2D eigenvalue weighted by molar-refractivity contribution is -0.129. The monoisotopic (exact) mass is 258 g/mol. The Labute approximate surface area is 115 Å². The maximum atomic E-state index is 12.5. The lowest BCUT2D eigenvalue weighted by Gasteiger charge is -2.22. The van der Waals surface area contributed by atoms with Gasteiger partial charge in [-0.1, -0.05) is 43.7 Å². The molecule has 0 bridgehead atoms. The van der Waals surface area contributed by atoms with E-state index >= 15 is 0 Å². The van der Waals surface area contributed by atoms with Gasteiger partial charge in [0, 0.05) is 6.54 Å². The van der Waals surface area contributed by atoms with Crippen LogP contribution < -0.4 is 5.32 Å². The van der Waals surface area contributed by atoms with E-state index in [4.69, 9.17) is 0 Å².